The predicted octanol–water partition coefficient (Wildman–Crippen LogP) is 4.29. The summed E-state index contributed by atoms with van der Waals surface area (Å²) in [7, 11) is 0. The van der Waals surface area contributed by atoms with Gasteiger partial charge in [-0.3, -0.25) is 4.79 Å². The fourth-order valence-electron chi connectivity index (χ4n) is 3.29. The lowest BCUT2D eigenvalue weighted by Crippen LogP contribution is -2.38. The summed E-state index contributed by atoms with van der Waals surface area (Å²) in [6.07, 6.45) is 2.65. The van der Waals surface area contributed by atoms with Crippen LogP contribution in [-0.2, 0) is 11.2 Å². The third kappa shape index (κ3) is 2.65. The number of hydrogen-bond donors (Lipinski definition) is 1. The Labute approximate surface area is 134 Å². The van der Waals surface area contributed by atoms with Gasteiger partial charge in [-0.05, 0) is 43.0 Å². The van der Waals surface area contributed by atoms with Gasteiger partial charge >= 0.3 is 0 Å². The van der Waals surface area contributed by atoms with Crippen molar-refractivity contribution in [1.29, 1.82) is 0 Å². The number of fused-ring (bicyclic) bond motifs is 3. The van der Waals surface area contributed by atoms with Gasteiger partial charge in [-0.2, -0.15) is 0 Å². The van der Waals surface area contributed by atoms with Crippen LogP contribution in [0.3, 0.4) is 0 Å². The van der Waals surface area contributed by atoms with Crippen molar-refractivity contribution >= 4 is 40.0 Å². The third-order valence-electron chi connectivity index (χ3n) is 4.23. The molecule has 1 aliphatic heterocycles. The molecule has 1 amide bonds. The van der Waals surface area contributed by atoms with Crippen molar-refractivity contribution in [2.75, 3.05) is 12.4 Å². The number of aromatic nitrogens is 1. The van der Waals surface area contributed by atoms with Gasteiger partial charge in [0.25, 0.3) is 0 Å². The monoisotopic (exact) mass is 324 g/mol. The molecule has 21 heavy (non-hydrogen) atoms. The molecule has 0 saturated carbocycles. The lowest BCUT2D eigenvalue weighted by atomic mass is 9.94. The molecule has 0 fully saturated rings. The van der Waals surface area contributed by atoms with Crippen LogP contribution in [0.15, 0.2) is 18.2 Å². The molecule has 1 N–H and O–H groups in total. The van der Waals surface area contributed by atoms with Gasteiger partial charge in [0.1, 0.15) is 0 Å². The van der Waals surface area contributed by atoms with Gasteiger partial charge in [-0.25, -0.2) is 0 Å². The highest BCUT2D eigenvalue weighted by Gasteiger charge is 2.31. The van der Waals surface area contributed by atoms with E-state index in [-0.39, 0.29) is 11.9 Å². The third-order valence-corrected chi connectivity index (χ3v) is 4.73. The molecule has 1 atom stereocenters. The maximum atomic E-state index is 11.9. The topological polar surface area (TPSA) is 36.1 Å². The number of aromatic amines is 1. The zero-order chi connectivity index (χ0) is 15.0. The second-order valence-electron chi connectivity index (χ2n) is 5.52. The standard InChI is InChI=1S/C16H18Cl2N2O/c1-10(21)20-8-6-12-13-9-11(18)4-5-14(13)19-16(12)15(20)3-2-7-17/h4-5,9,15,19H,2-3,6-8H2,1H3. The number of H-pyrrole nitrogens is 1. The lowest BCUT2D eigenvalue weighted by Gasteiger charge is -2.35. The first-order chi connectivity index (χ1) is 10.1. The molecule has 1 aliphatic rings. The number of rotatable bonds is 3. The Morgan fingerprint density at radius 3 is 3.00 bits per heavy atom. The van der Waals surface area contributed by atoms with Gasteiger partial charge in [0, 0.05) is 41.0 Å². The molecule has 1 aromatic carbocycles. The summed E-state index contributed by atoms with van der Waals surface area (Å²) < 4.78 is 0. The van der Waals surface area contributed by atoms with Crippen LogP contribution in [0.25, 0.3) is 10.9 Å². The van der Waals surface area contributed by atoms with Crippen LogP contribution >= 0.6 is 23.2 Å². The van der Waals surface area contributed by atoms with Crippen LogP contribution in [-0.4, -0.2) is 28.2 Å². The average molecular weight is 325 g/mol. The number of nitrogens with one attached hydrogen (secondary N) is 1. The number of nitrogens with zero attached hydrogens (tertiary/aromatic N) is 1. The highest BCUT2D eigenvalue weighted by atomic mass is 35.5. The van der Waals surface area contributed by atoms with E-state index in [4.69, 9.17) is 23.2 Å². The molecular weight excluding hydrogens is 307 g/mol. The minimum absolute atomic E-state index is 0.0937. The van der Waals surface area contributed by atoms with Gasteiger partial charge in [-0.15, -0.1) is 11.6 Å². The van der Waals surface area contributed by atoms with Gasteiger partial charge in [-0.1, -0.05) is 11.6 Å². The first-order valence-corrected chi connectivity index (χ1v) is 8.16. The minimum atomic E-state index is 0.0937. The van der Waals surface area contributed by atoms with Crippen LogP contribution in [0.1, 0.15) is 37.1 Å². The molecule has 3 nitrogen and oxygen atoms in total. The van der Waals surface area contributed by atoms with Crippen molar-refractivity contribution in [1.82, 2.24) is 9.88 Å². The van der Waals surface area contributed by atoms with E-state index in [9.17, 15) is 4.79 Å². The van der Waals surface area contributed by atoms with E-state index in [0.717, 1.165) is 42.0 Å². The molecular formula is C16H18Cl2N2O. The summed E-state index contributed by atoms with van der Waals surface area (Å²) in [5, 5.41) is 1.92. The molecule has 3 rings (SSSR count). The molecule has 0 radical (unpaired) electrons. The second-order valence-corrected chi connectivity index (χ2v) is 6.33. The predicted molar refractivity (Wildman–Crippen MR) is 87.1 cm³/mol. The van der Waals surface area contributed by atoms with E-state index in [2.05, 4.69) is 4.98 Å². The van der Waals surface area contributed by atoms with Crippen LogP contribution < -0.4 is 0 Å². The van der Waals surface area contributed by atoms with Crippen molar-refractivity contribution in [2.45, 2.75) is 32.2 Å². The van der Waals surface area contributed by atoms with Crippen molar-refractivity contribution in [3.8, 4) is 0 Å². The van der Waals surface area contributed by atoms with Crippen molar-refractivity contribution in [3.05, 3.63) is 34.5 Å². The maximum absolute atomic E-state index is 11.9. The number of amides is 1. The molecule has 0 bridgehead atoms. The molecule has 5 heteroatoms. The summed E-state index contributed by atoms with van der Waals surface area (Å²) in [4.78, 5) is 17.4. The Hall–Kier alpha value is -1.19. The fourth-order valence-corrected chi connectivity index (χ4v) is 3.61. The fraction of sp³-hybridized carbons (Fsp3) is 0.438. The summed E-state index contributed by atoms with van der Waals surface area (Å²) in [5.41, 5.74) is 3.54. The summed E-state index contributed by atoms with van der Waals surface area (Å²) >= 11 is 12.0. The van der Waals surface area contributed by atoms with E-state index in [1.54, 1.807) is 6.92 Å². The number of hydrogen-bond acceptors (Lipinski definition) is 1. The molecule has 112 valence electrons. The molecule has 0 aliphatic carbocycles. The lowest BCUT2D eigenvalue weighted by molar-refractivity contribution is -0.132. The number of carbonyl (C=O) groups excluding carboxylic acids is 1. The Morgan fingerprint density at radius 2 is 2.29 bits per heavy atom. The van der Waals surface area contributed by atoms with E-state index in [1.165, 1.54) is 10.9 Å². The summed E-state index contributed by atoms with van der Waals surface area (Å²) in [6.45, 7) is 2.40. The molecule has 1 aromatic heterocycles. The SMILES string of the molecule is CC(=O)N1CCc2c([nH]c3ccc(Cl)cc23)C1CCCCl. The van der Waals surface area contributed by atoms with Crippen molar-refractivity contribution < 1.29 is 4.79 Å². The summed E-state index contributed by atoms with van der Waals surface area (Å²) in [6, 6.07) is 6.00. The van der Waals surface area contributed by atoms with Gasteiger partial charge < -0.3 is 9.88 Å². The zero-order valence-electron chi connectivity index (χ0n) is 12.0. The van der Waals surface area contributed by atoms with Crippen LogP contribution in [0, 0.1) is 0 Å². The van der Waals surface area contributed by atoms with E-state index >= 15 is 0 Å². The minimum Gasteiger partial charge on any atom is -0.356 e. The number of alkyl halides is 1. The van der Waals surface area contributed by atoms with E-state index in [1.807, 2.05) is 23.1 Å². The number of halogens is 2. The zero-order valence-corrected chi connectivity index (χ0v) is 13.5. The normalized spacial score (nSPS) is 18.0. The van der Waals surface area contributed by atoms with Crippen LogP contribution in [0.2, 0.25) is 5.02 Å². The molecule has 0 saturated heterocycles. The largest absolute Gasteiger partial charge is 0.356 e. The molecule has 2 aromatic rings. The Balaban J connectivity index is 2.08. The van der Waals surface area contributed by atoms with E-state index in [0.29, 0.717) is 5.88 Å². The van der Waals surface area contributed by atoms with Gasteiger partial charge in [0.15, 0.2) is 0 Å². The van der Waals surface area contributed by atoms with Crippen LogP contribution in [0.5, 0.6) is 0 Å². The maximum Gasteiger partial charge on any atom is 0.220 e. The molecule has 0 spiro atoms. The smallest absolute Gasteiger partial charge is 0.220 e. The van der Waals surface area contributed by atoms with Gasteiger partial charge in [0.2, 0.25) is 5.91 Å². The first-order valence-electron chi connectivity index (χ1n) is 7.25. The average Bonchev–Trinajstić information content (AvgIpc) is 2.82. The Kier molecular flexibility index (Phi) is 4.14. The molecule has 2 heterocycles. The van der Waals surface area contributed by atoms with Crippen molar-refractivity contribution in [2.24, 2.45) is 0 Å². The Morgan fingerprint density at radius 1 is 1.48 bits per heavy atom. The second kappa shape index (κ2) is 5.90. The summed E-state index contributed by atoms with van der Waals surface area (Å²) in [5.74, 6) is 0.737. The number of benzene rings is 1. The molecule has 1 unspecified atom stereocenters. The quantitative estimate of drug-likeness (QED) is 0.840. The Bertz CT molecular complexity index is 680. The van der Waals surface area contributed by atoms with Gasteiger partial charge in [0.05, 0.1) is 6.04 Å². The van der Waals surface area contributed by atoms with E-state index < -0.39 is 0 Å². The van der Waals surface area contributed by atoms with Crippen LogP contribution in [0.4, 0.5) is 0 Å². The highest BCUT2D eigenvalue weighted by Crippen LogP contribution is 2.37. The highest BCUT2D eigenvalue weighted by molar-refractivity contribution is 6.31. The number of carbonyl (C=O) groups is 1. The first kappa shape index (κ1) is 14.7. The van der Waals surface area contributed by atoms with Crippen molar-refractivity contribution in [3.63, 3.8) is 0 Å².